The lowest BCUT2D eigenvalue weighted by Crippen LogP contribution is -2.09. The SMILES string of the molecule is Cc1ccccc1/C(=N\O)c1ccnc(Nc2ccc(C#N)cc2)n1. The number of nitrogens with one attached hydrogen (secondary N) is 1. The van der Waals surface area contributed by atoms with Gasteiger partial charge in [0.1, 0.15) is 5.71 Å². The first kappa shape index (κ1) is 16.1. The molecule has 0 aliphatic carbocycles. The smallest absolute Gasteiger partial charge is 0.227 e. The van der Waals surface area contributed by atoms with Gasteiger partial charge in [0, 0.05) is 17.4 Å². The molecule has 0 radical (unpaired) electrons. The van der Waals surface area contributed by atoms with Crippen LogP contribution in [0.5, 0.6) is 0 Å². The average Bonchev–Trinajstić information content (AvgIpc) is 2.65. The van der Waals surface area contributed by atoms with E-state index in [9.17, 15) is 5.21 Å². The van der Waals surface area contributed by atoms with Crippen LogP contribution in [0.3, 0.4) is 0 Å². The summed E-state index contributed by atoms with van der Waals surface area (Å²) >= 11 is 0. The van der Waals surface area contributed by atoms with E-state index in [1.165, 1.54) is 0 Å². The number of oxime groups is 1. The third-order valence-electron chi connectivity index (χ3n) is 3.67. The van der Waals surface area contributed by atoms with Gasteiger partial charge in [-0.25, -0.2) is 9.97 Å². The highest BCUT2D eigenvalue weighted by molar-refractivity contribution is 6.12. The number of rotatable bonds is 4. The predicted molar refractivity (Wildman–Crippen MR) is 95.1 cm³/mol. The molecule has 0 fully saturated rings. The van der Waals surface area contributed by atoms with Gasteiger partial charge in [0.25, 0.3) is 0 Å². The summed E-state index contributed by atoms with van der Waals surface area (Å²) in [5, 5.41) is 24.8. The van der Waals surface area contributed by atoms with Gasteiger partial charge in [-0.3, -0.25) is 0 Å². The van der Waals surface area contributed by atoms with Crippen molar-refractivity contribution in [3.63, 3.8) is 0 Å². The summed E-state index contributed by atoms with van der Waals surface area (Å²) < 4.78 is 0. The van der Waals surface area contributed by atoms with Crippen LogP contribution in [-0.2, 0) is 0 Å². The van der Waals surface area contributed by atoms with Crippen molar-refractivity contribution in [2.75, 3.05) is 5.32 Å². The monoisotopic (exact) mass is 329 g/mol. The van der Waals surface area contributed by atoms with Crippen LogP contribution in [0.25, 0.3) is 0 Å². The van der Waals surface area contributed by atoms with Crippen LogP contribution in [0, 0.1) is 18.3 Å². The van der Waals surface area contributed by atoms with Crippen LogP contribution >= 0.6 is 0 Å². The fourth-order valence-electron chi connectivity index (χ4n) is 2.39. The second-order valence-corrected chi connectivity index (χ2v) is 5.34. The summed E-state index contributed by atoms with van der Waals surface area (Å²) in [6, 6.07) is 18.3. The molecule has 122 valence electrons. The van der Waals surface area contributed by atoms with Gasteiger partial charge in [0.15, 0.2) is 0 Å². The lowest BCUT2D eigenvalue weighted by molar-refractivity contribution is 0.319. The molecule has 2 N–H and O–H groups in total. The molecule has 2 aromatic carbocycles. The molecule has 0 aliphatic rings. The molecule has 3 aromatic rings. The molecule has 0 unspecified atom stereocenters. The van der Waals surface area contributed by atoms with Crippen molar-refractivity contribution >= 4 is 17.3 Å². The quantitative estimate of drug-likeness (QED) is 0.433. The van der Waals surface area contributed by atoms with Gasteiger partial charge in [-0.15, -0.1) is 0 Å². The maximum atomic E-state index is 9.47. The zero-order valence-electron chi connectivity index (χ0n) is 13.5. The van der Waals surface area contributed by atoms with Crippen LogP contribution in [-0.4, -0.2) is 20.9 Å². The molecule has 6 heteroatoms. The molecular formula is C19H15N5O. The van der Waals surface area contributed by atoms with E-state index in [1.54, 1.807) is 36.5 Å². The van der Waals surface area contributed by atoms with Gasteiger partial charge in [-0.05, 0) is 42.8 Å². The molecule has 6 nitrogen and oxygen atoms in total. The van der Waals surface area contributed by atoms with Gasteiger partial charge < -0.3 is 10.5 Å². The van der Waals surface area contributed by atoms with Crippen molar-refractivity contribution in [1.29, 1.82) is 5.26 Å². The van der Waals surface area contributed by atoms with E-state index >= 15 is 0 Å². The Morgan fingerprint density at radius 2 is 1.88 bits per heavy atom. The van der Waals surface area contributed by atoms with Crippen molar-refractivity contribution in [2.24, 2.45) is 5.16 Å². The molecule has 0 amide bonds. The van der Waals surface area contributed by atoms with Crippen LogP contribution in [0.2, 0.25) is 0 Å². The second-order valence-electron chi connectivity index (χ2n) is 5.34. The van der Waals surface area contributed by atoms with Crippen molar-refractivity contribution in [3.8, 4) is 6.07 Å². The number of anilines is 2. The number of aryl methyl sites for hydroxylation is 1. The van der Waals surface area contributed by atoms with E-state index in [0.717, 1.165) is 16.8 Å². The molecule has 0 bridgehead atoms. The van der Waals surface area contributed by atoms with E-state index in [-0.39, 0.29) is 0 Å². The number of aromatic nitrogens is 2. The fraction of sp³-hybridized carbons (Fsp3) is 0.0526. The minimum atomic E-state index is 0.372. The molecule has 1 heterocycles. The van der Waals surface area contributed by atoms with Gasteiger partial charge in [-0.1, -0.05) is 29.4 Å². The van der Waals surface area contributed by atoms with E-state index in [2.05, 4.69) is 26.5 Å². The Labute approximate surface area is 145 Å². The van der Waals surface area contributed by atoms with Gasteiger partial charge in [-0.2, -0.15) is 5.26 Å². The first-order valence-electron chi connectivity index (χ1n) is 7.60. The zero-order chi connectivity index (χ0) is 17.6. The van der Waals surface area contributed by atoms with E-state index in [4.69, 9.17) is 5.26 Å². The standard InChI is InChI=1S/C19H15N5O/c1-13-4-2-3-5-16(13)18(24-25)17-10-11-21-19(23-17)22-15-8-6-14(12-20)7-9-15/h2-11,25H,1H3,(H,21,22,23)/b24-18+. The third kappa shape index (κ3) is 3.62. The Hall–Kier alpha value is -3.72. The molecule has 1 aromatic heterocycles. The highest BCUT2D eigenvalue weighted by atomic mass is 16.4. The summed E-state index contributed by atoms with van der Waals surface area (Å²) in [6.07, 6.45) is 1.60. The Kier molecular flexibility index (Phi) is 4.67. The van der Waals surface area contributed by atoms with Gasteiger partial charge in [0.2, 0.25) is 5.95 Å². The van der Waals surface area contributed by atoms with Crippen molar-refractivity contribution < 1.29 is 5.21 Å². The number of benzene rings is 2. The fourth-order valence-corrected chi connectivity index (χ4v) is 2.39. The molecule has 0 atom stereocenters. The highest BCUT2D eigenvalue weighted by Gasteiger charge is 2.12. The minimum absolute atomic E-state index is 0.372. The Morgan fingerprint density at radius 3 is 2.56 bits per heavy atom. The molecule has 3 rings (SSSR count). The van der Waals surface area contributed by atoms with Crippen LogP contribution in [0.15, 0.2) is 65.9 Å². The van der Waals surface area contributed by atoms with Crippen LogP contribution in [0.4, 0.5) is 11.6 Å². The summed E-state index contributed by atoms with van der Waals surface area (Å²) in [7, 11) is 0. The van der Waals surface area contributed by atoms with Crippen LogP contribution < -0.4 is 5.32 Å². The first-order chi connectivity index (χ1) is 12.2. The average molecular weight is 329 g/mol. The Balaban J connectivity index is 1.90. The van der Waals surface area contributed by atoms with Gasteiger partial charge in [0.05, 0.1) is 17.3 Å². The van der Waals surface area contributed by atoms with E-state index in [1.807, 2.05) is 31.2 Å². The minimum Gasteiger partial charge on any atom is -0.410 e. The molecule has 0 spiro atoms. The number of hydrogen-bond acceptors (Lipinski definition) is 6. The molecule has 0 saturated heterocycles. The lowest BCUT2D eigenvalue weighted by atomic mass is 10.0. The number of nitrogens with zero attached hydrogens (tertiary/aromatic N) is 4. The largest absolute Gasteiger partial charge is 0.410 e. The Morgan fingerprint density at radius 1 is 1.12 bits per heavy atom. The molecular weight excluding hydrogens is 314 g/mol. The third-order valence-corrected chi connectivity index (χ3v) is 3.67. The molecule has 0 saturated carbocycles. The highest BCUT2D eigenvalue weighted by Crippen LogP contribution is 2.17. The Bertz CT molecular complexity index is 958. The van der Waals surface area contributed by atoms with Crippen molar-refractivity contribution in [3.05, 3.63) is 83.2 Å². The van der Waals surface area contributed by atoms with E-state index < -0.39 is 0 Å². The molecule has 25 heavy (non-hydrogen) atoms. The normalized spacial score (nSPS) is 11.0. The van der Waals surface area contributed by atoms with Crippen LogP contribution in [0.1, 0.15) is 22.4 Å². The van der Waals surface area contributed by atoms with Gasteiger partial charge >= 0.3 is 0 Å². The predicted octanol–water partition coefficient (Wildman–Crippen LogP) is 3.63. The maximum absolute atomic E-state index is 9.47. The molecule has 0 aliphatic heterocycles. The summed E-state index contributed by atoms with van der Waals surface area (Å²) in [5.74, 6) is 0.372. The summed E-state index contributed by atoms with van der Waals surface area (Å²) in [5.41, 5.74) is 4.00. The number of nitriles is 1. The second kappa shape index (κ2) is 7.23. The first-order valence-corrected chi connectivity index (χ1v) is 7.60. The lowest BCUT2D eigenvalue weighted by Gasteiger charge is -2.09. The topological polar surface area (TPSA) is 94.2 Å². The summed E-state index contributed by atoms with van der Waals surface area (Å²) in [6.45, 7) is 1.94. The summed E-state index contributed by atoms with van der Waals surface area (Å²) in [4.78, 5) is 8.61. The van der Waals surface area contributed by atoms with Crippen molar-refractivity contribution in [1.82, 2.24) is 9.97 Å². The van der Waals surface area contributed by atoms with Crippen molar-refractivity contribution in [2.45, 2.75) is 6.92 Å². The van der Waals surface area contributed by atoms with E-state index in [0.29, 0.717) is 22.9 Å². The number of hydrogen-bond donors (Lipinski definition) is 2. The maximum Gasteiger partial charge on any atom is 0.227 e. The zero-order valence-corrected chi connectivity index (χ0v) is 13.5.